The van der Waals surface area contributed by atoms with Gasteiger partial charge in [-0.15, -0.1) is 0 Å². The van der Waals surface area contributed by atoms with Crippen LogP contribution in [0.15, 0.2) is 11.6 Å². The van der Waals surface area contributed by atoms with Gasteiger partial charge >= 0.3 is 0 Å². The van der Waals surface area contributed by atoms with E-state index < -0.39 is 0 Å². The molecule has 3 rings (SSSR count). The van der Waals surface area contributed by atoms with E-state index in [-0.39, 0.29) is 0 Å². The highest BCUT2D eigenvalue weighted by Crippen LogP contribution is 2.41. The first-order valence-electron chi connectivity index (χ1n) is 11.5. The molecule has 0 radical (unpaired) electrons. The lowest BCUT2D eigenvalue weighted by molar-refractivity contribution is -0.00385. The van der Waals surface area contributed by atoms with Crippen molar-refractivity contribution in [3.05, 3.63) is 11.6 Å². The summed E-state index contributed by atoms with van der Waals surface area (Å²) in [6.45, 7) is 8.08. The SMILES string of the molecule is CCCC1CCC(C2CC=C(C3CCC(C(C)CC)CC3)CO2)CC1. The maximum absolute atomic E-state index is 6.41. The summed E-state index contributed by atoms with van der Waals surface area (Å²) in [6.07, 6.45) is 19.9. The molecule has 25 heavy (non-hydrogen) atoms. The summed E-state index contributed by atoms with van der Waals surface area (Å²) in [6, 6.07) is 0. The Balaban J connectivity index is 1.43. The molecular weight excluding hydrogens is 304 g/mol. The summed E-state index contributed by atoms with van der Waals surface area (Å²) in [5, 5.41) is 0. The van der Waals surface area contributed by atoms with E-state index >= 15 is 0 Å². The average molecular weight is 347 g/mol. The molecular formula is C24H42O. The first kappa shape index (κ1) is 19.5. The van der Waals surface area contributed by atoms with Crippen molar-refractivity contribution in [2.75, 3.05) is 6.61 Å². The van der Waals surface area contributed by atoms with Gasteiger partial charge in [-0.25, -0.2) is 0 Å². The highest BCUT2D eigenvalue weighted by Gasteiger charge is 2.32. The predicted molar refractivity (Wildman–Crippen MR) is 108 cm³/mol. The van der Waals surface area contributed by atoms with E-state index in [1.54, 1.807) is 5.57 Å². The topological polar surface area (TPSA) is 9.23 Å². The van der Waals surface area contributed by atoms with Gasteiger partial charge in [0.2, 0.25) is 0 Å². The van der Waals surface area contributed by atoms with Gasteiger partial charge in [0.05, 0.1) is 12.7 Å². The van der Waals surface area contributed by atoms with Crippen LogP contribution >= 0.6 is 0 Å². The first-order valence-corrected chi connectivity index (χ1v) is 11.5. The molecule has 0 N–H and O–H groups in total. The molecule has 0 amide bonds. The molecule has 2 saturated carbocycles. The Morgan fingerprint density at radius 2 is 1.72 bits per heavy atom. The van der Waals surface area contributed by atoms with Gasteiger partial charge in [0.1, 0.15) is 0 Å². The minimum Gasteiger partial charge on any atom is -0.373 e. The van der Waals surface area contributed by atoms with Gasteiger partial charge < -0.3 is 4.74 Å². The Morgan fingerprint density at radius 3 is 2.28 bits per heavy atom. The Kier molecular flexibility index (Phi) is 7.46. The van der Waals surface area contributed by atoms with Crippen molar-refractivity contribution in [3.63, 3.8) is 0 Å². The summed E-state index contributed by atoms with van der Waals surface area (Å²) >= 11 is 0. The monoisotopic (exact) mass is 346 g/mol. The van der Waals surface area contributed by atoms with Gasteiger partial charge in [0, 0.05) is 0 Å². The first-order chi connectivity index (χ1) is 12.2. The molecule has 1 aliphatic heterocycles. The van der Waals surface area contributed by atoms with Gasteiger partial charge in [-0.3, -0.25) is 0 Å². The molecule has 0 spiro atoms. The fourth-order valence-electron chi connectivity index (χ4n) is 5.86. The third-order valence-corrected chi connectivity index (χ3v) is 7.94. The largest absolute Gasteiger partial charge is 0.373 e. The number of hydrogen-bond donors (Lipinski definition) is 0. The highest BCUT2D eigenvalue weighted by molar-refractivity contribution is 5.12. The van der Waals surface area contributed by atoms with Crippen molar-refractivity contribution in [2.24, 2.45) is 29.6 Å². The molecule has 2 unspecified atom stereocenters. The molecule has 2 atom stereocenters. The van der Waals surface area contributed by atoms with Crippen molar-refractivity contribution in [3.8, 4) is 0 Å². The summed E-state index contributed by atoms with van der Waals surface area (Å²) in [4.78, 5) is 0. The van der Waals surface area contributed by atoms with Crippen LogP contribution in [0.5, 0.6) is 0 Å². The predicted octanol–water partition coefficient (Wildman–Crippen LogP) is 7.16. The van der Waals surface area contributed by atoms with E-state index in [0.717, 1.165) is 36.2 Å². The zero-order valence-electron chi connectivity index (χ0n) is 17.1. The lowest BCUT2D eigenvalue weighted by Crippen LogP contribution is -2.32. The summed E-state index contributed by atoms with van der Waals surface area (Å²) in [5.74, 6) is 4.59. The molecule has 1 heteroatoms. The van der Waals surface area contributed by atoms with Gasteiger partial charge in [-0.2, -0.15) is 0 Å². The summed E-state index contributed by atoms with van der Waals surface area (Å²) in [7, 11) is 0. The molecule has 1 heterocycles. The maximum atomic E-state index is 6.41. The van der Waals surface area contributed by atoms with Crippen LogP contribution in [0.4, 0.5) is 0 Å². The maximum Gasteiger partial charge on any atom is 0.0683 e. The molecule has 0 saturated heterocycles. The molecule has 3 aliphatic rings. The Hall–Kier alpha value is -0.300. The second-order valence-corrected chi connectivity index (χ2v) is 9.43. The zero-order valence-corrected chi connectivity index (χ0v) is 17.1. The van der Waals surface area contributed by atoms with Crippen LogP contribution in [0.2, 0.25) is 0 Å². The van der Waals surface area contributed by atoms with E-state index in [4.69, 9.17) is 4.74 Å². The van der Waals surface area contributed by atoms with E-state index in [1.807, 2.05) is 0 Å². The minimum atomic E-state index is 0.530. The van der Waals surface area contributed by atoms with Crippen LogP contribution in [0.3, 0.4) is 0 Å². The van der Waals surface area contributed by atoms with Gasteiger partial charge in [-0.1, -0.05) is 59.0 Å². The van der Waals surface area contributed by atoms with Crippen LogP contribution in [0.1, 0.15) is 97.8 Å². The molecule has 0 aromatic heterocycles. The molecule has 0 bridgehead atoms. The number of rotatable bonds is 6. The van der Waals surface area contributed by atoms with Crippen LogP contribution in [-0.2, 0) is 4.74 Å². The second-order valence-electron chi connectivity index (χ2n) is 9.43. The average Bonchev–Trinajstić information content (AvgIpc) is 2.68. The third kappa shape index (κ3) is 5.12. The molecule has 1 nitrogen and oxygen atoms in total. The van der Waals surface area contributed by atoms with Crippen molar-refractivity contribution in [1.29, 1.82) is 0 Å². The van der Waals surface area contributed by atoms with E-state index in [9.17, 15) is 0 Å². The van der Waals surface area contributed by atoms with Crippen LogP contribution in [0, 0.1) is 29.6 Å². The van der Waals surface area contributed by atoms with Gasteiger partial charge in [0.25, 0.3) is 0 Å². The third-order valence-electron chi connectivity index (χ3n) is 7.94. The second kappa shape index (κ2) is 9.58. The minimum absolute atomic E-state index is 0.530. The Bertz CT molecular complexity index is 410. The number of hydrogen-bond acceptors (Lipinski definition) is 1. The van der Waals surface area contributed by atoms with Crippen LogP contribution in [0.25, 0.3) is 0 Å². The van der Waals surface area contributed by atoms with Crippen molar-refractivity contribution >= 4 is 0 Å². The molecule has 0 aromatic rings. The van der Waals surface area contributed by atoms with Crippen LogP contribution in [-0.4, -0.2) is 12.7 Å². The van der Waals surface area contributed by atoms with E-state index in [0.29, 0.717) is 6.10 Å². The summed E-state index contributed by atoms with van der Waals surface area (Å²) in [5.41, 5.74) is 1.65. The van der Waals surface area contributed by atoms with Gasteiger partial charge in [0.15, 0.2) is 0 Å². The van der Waals surface area contributed by atoms with Gasteiger partial charge in [-0.05, 0) is 80.1 Å². The Morgan fingerprint density at radius 1 is 1.00 bits per heavy atom. The van der Waals surface area contributed by atoms with E-state index in [2.05, 4.69) is 26.8 Å². The highest BCUT2D eigenvalue weighted by atomic mass is 16.5. The fourth-order valence-corrected chi connectivity index (χ4v) is 5.86. The smallest absolute Gasteiger partial charge is 0.0683 e. The zero-order chi connectivity index (χ0) is 17.6. The number of ether oxygens (including phenoxy) is 1. The molecule has 2 fully saturated rings. The lowest BCUT2D eigenvalue weighted by atomic mass is 9.72. The quantitative estimate of drug-likeness (QED) is 0.463. The van der Waals surface area contributed by atoms with Crippen LogP contribution < -0.4 is 0 Å². The Labute approximate surface area is 157 Å². The van der Waals surface area contributed by atoms with Crippen molar-refractivity contribution < 1.29 is 4.74 Å². The molecule has 2 aliphatic carbocycles. The summed E-state index contributed by atoms with van der Waals surface area (Å²) < 4.78 is 6.41. The normalized spacial score (nSPS) is 38.2. The lowest BCUT2D eigenvalue weighted by Gasteiger charge is -2.38. The molecule has 144 valence electrons. The standard InChI is InChI=1S/C24H42O/c1-4-6-19-7-9-22(10-8-19)24-16-15-23(17-25-24)21-13-11-20(12-14-21)18(3)5-2/h15,18-22,24H,4-14,16-17H2,1-3H3. The fraction of sp³-hybridized carbons (Fsp3) is 0.917. The van der Waals surface area contributed by atoms with Crippen molar-refractivity contribution in [1.82, 2.24) is 0 Å². The molecule has 0 aromatic carbocycles. The van der Waals surface area contributed by atoms with E-state index in [1.165, 1.54) is 77.0 Å². The van der Waals surface area contributed by atoms with Crippen molar-refractivity contribution in [2.45, 2.75) is 104 Å².